The van der Waals surface area contributed by atoms with Gasteiger partial charge in [0.2, 0.25) is 0 Å². The van der Waals surface area contributed by atoms with Crippen LogP contribution in [0, 0.1) is 5.41 Å². The van der Waals surface area contributed by atoms with E-state index in [1.165, 1.54) is 23.8 Å². The number of halogens is 4. The van der Waals surface area contributed by atoms with Gasteiger partial charge in [-0.2, -0.15) is 23.1 Å². The highest BCUT2D eigenvalue weighted by Gasteiger charge is 2.60. The summed E-state index contributed by atoms with van der Waals surface area (Å²) in [6.07, 6.45) is 0.752. The van der Waals surface area contributed by atoms with Gasteiger partial charge in [0.1, 0.15) is 18.1 Å². The molecule has 7 rings (SSSR count). The fraction of sp³-hybridized carbons (Fsp3) is 0.600. The van der Waals surface area contributed by atoms with Gasteiger partial charge in [-0.1, -0.05) is 11.6 Å². The molecule has 0 radical (unpaired) electrons. The third kappa shape index (κ3) is 6.50. The minimum Gasteiger partial charge on any atom is -0.461 e. The number of fused-ring (bicyclic) bond motifs is 2. The summed E-state index contributed by atoms with van der Waals surface area (Å²) in [5.74, 6) is 0.256. The number of hydrogen-bond acceptors (Lipinski definition) is 10. The number of nitrogens with two attached hydrogens (primary N) is 2. The van der Waals surface area contributed by atoms with Gasteiger partial charge >= 0.3 is 12.2 Å². The van der Waals surface area contributed by atoms with Crippen molar-refractivity contribution >= 4 is 34.7 Å². The van der Waals surface area contributed by atoms with Crippen molar-refractivity contribution in [2.75, 3.05) is 64.1 Å². The number of nitrogen functional groups attached to an aromatic ring is 1. The molecular weight excluding hydrogens is 673 g/mol. The molecule has 1 amide bonds. The molecule has 1 saturated carbocycles. The lowest BCUT2D eigenvalue weighted by Crippen LogP contribution is -2.43. The van der Waals surface area contributed by atoms with Crippen LogP contribution in [-0.2, 0) is 28.7 Å². The van der Waals surface area contributed by atoms with Gasteiger partial charge in [0, 0.05) is 57.0 Å². The van der Waals surface area contributed by atoms with Crippen LogP contribution < -0.4 is 21.1 Å². The number of likely N-dealkylation sites (N-methyl/N-ethyl adjacent to an activating group) is 1. The number of amides is 1. The van der Waals surface area contributed by atoms with Crippen LogP contribution in [0.1, 0.15) is 73.9 Å². The molecule has 4 N–H and O–H groups in total. The first-order valence-corrected chi connectivity index (χ1v) is 17.6. The summed E-state index contributed by atoms with van der Waals surface area (Å²) in [7, 11) is 3.28. The highest BCUT2D eigenvalue weighted by atomic mass is 35.5. The highest BCUT2D eigenvalue weighted by Crippen LogP contribution is 2.60. The number of carbonyl (C=O) groups excluding carboxylic acids is 1. The second kappa shape index (κ2) is 12.9. The van der Waals surface area contributed by atoms with Crippen LogP contribution in [0.15, 0.2) is 28.4 Å². The Hall–Kier alpha value is -3.62. The average molecular weight is 717 g/mol. The minimum absolute atomic E-state index is 0.0302. The molecule has 11 nitrogen and oxygen atoms in total. The molecule has 0 bridgehead atoms. The Morgan fingerprint density at radius 2 is 1.96 bits per heavy atom. The smallest absolute Gasteiger partial charge is 0.418 e. The van der Waals surface area contributed by atoms with Crippen molar-refractivity contribution in [1.29, 1.82) is 0 Å². The van der Waals surface area contributed by atoms with E-state index in [0.717, 1.165) is 38.4 Å². The molecule has 15 heteroatoms. The molecular formula is C35H44ClF3N8O3. The summed E-state index contributed by atoms with van der Waals surface area (Å²) in [5, 5.41) is -0.480. The molecule has 2 atom stereocenters. The first-order chi connectivity index (χ1) is 23.7. The standard InChI is InChI=1S/C35H44ClF3N8O3/c1-20(29(41)31(48)45(2)3)26-15-46(10-5-9-42-26)30-23-16-49-27(22-12-21(40)13-24(36)28(22)35(37,38)39)14-25(23)43-32(44-30)50-19-34-6-4-11-47(34)18-33(17-34)7-8-33/h12-13,27H,4-11,14-19,40-41H2,1-3H3/b29-20-. The lowest BCUT2D eigenvalue weighted by Gasteiger charge is -2.33. The first kappa shape index (κ1) is 34.8. The van der Waals surface area contributed by atoms with E-state index in [9.17, 15) is 18.0 Å². The van der Waals surface area contributed by atoms with Gasteiger partial charge in [-0.15, -0.1) is 0 Å². The van der Waals surface area contributed by atoms with Crippen LogP contribution in [0.3, 0.4) is 0 Å². The molecule has 1 aromatic heterocycles. The number of carbonyl (C=O) groups is 1. The second-order valence-electron chi connectivity index (χ2n) is 14.8. The van der Waals surface area contributed by atoms with Crippen LogP contribution in [-0.4, -0.2) is 90.4 Å². The predicted octanol–water partition coefficient (Wildman–Crippen LogP) is 4.91. The molecule has 270 valence electrons. The molecule has 5 aliphatic rings. The van der Waals surface area contributed by atoms with Crippen LogP contribution in [0.2, 0.25) is 5.02 Å². The van der Waals surface area contributed by atoms with Gasteiger partial charge in [0.25, 0.3) is 5.91 Å². The molecule has 2 aromatic rings. The van der Waals surface area contributed by atoms with Crippen molar-refractivity contribution in [2.24, 2.45) is 16.1 Å². The van der Waals surface area contributed by atoms with Crippen LogP contribution in [0.5, 0.6) is 6.01 Å². The number of alkyl halides is 3. The Labute approximate surface area is 294 Å². The molecule has 5 heterocycles. The number of nitrogens with zero attached hydrogens (tertiary/aromatic N) is 6. The SMILES string of the molecule is C/C(C1=NCCCN(c2nc(OCC34CCCN3CC3(CC3)C4)nc3c2COC(c2cc(N)cc(Cl)c2C(F)(F)F)C3)C1)=C(/N)C(=O)N(C)C. The zero-order chi connectivity index (χ0) is 35.6. The largest absolute Gasteiger partial charge is 0.461 e. The molecule has 4 aliphatic heterocycles. The Bertz CT molecular complexity index is 1760. The lowest BCUT2D eigenvalue weighted by atomic mass is 9.89. The molecule has 1 aromatic carbocycles. The number of hydrogen-bond donors (Lipinski definition) is 2. The van der Waals surface area contributed by atoms with E-state index in [4.69, 9.17) is 47.5 Å². The van der Waals surface area contributed by atoms with E-state index in [2.05, 4.69) is 4.90 Å². The van der Waals surface area contributed by atoms with Crippen LogP contribution in [0.4, 0.5) is 24.7 Å². The summed E-state index contributed by atoms with van der Waals surface area (Å²) in [6, 6.07) is 2.55. The normalized spacial score (nSPS) is 25.1. The van der Waals surface area contributed by atoms with E-state index >= 15 is 0 Å². The van der Waals surface area contributed by atoms with E-state index in [1.54, 1.807) is 21.0 Å². The molecule has 50 heavy (non-hydrogen) atoms. The molecule has 1 spiro atoms. The maximum atomic E-state index is 14.3. The van der Waals surface area contributed by atoms with Crippen molar-refractivity contribution < 1.29 is 27.4 Å². The number of aromatic nitrogens is 2. The van der Waals surface area contributed by atoms with E-state index in [0.29, 0.717) is 66.4 Å². The maximum Gasteiger partial charge on any atom is 0.418 e. The van der Waals surface area contributed by atoms with Gasteiger partial charge in [0.05, 0.1) is 46.8 Å². The quantitative estimate of drug-likeness (QED) is 0.303. The van der Waals surface area contributed by atoms with Crippen molar-refractivity contribution in [3.8, 4) is 6.01 Å². The highest BCUT2D eigenvalue weighted by molar-refractivity contribution is 6.31. The zero-order valence-corrected chi connectivity index (χ0v) is 29.5. The fourth-order valence-corrected chi connectivity index (χ4v) is 8.59. The summed E-state index contributed by atoms with van der Waals surface area (Å²) >= 11 is 6.12. The Balaban J connectivity index is 1.25. The number of benzene rings is 1. The summed E-state index contributed by atoms with van der Waals surface area (Å²) in [4.78, 5) is 33.3. The zero-order valence-electron chi connectivity index (χ0n) is 28.7. The number of ether oxygens (including phenoxy) is 2. The summed E-state index contributed by atoms with van der Waals surface area (Å²) in [5.41, 5.74) is 14.2. The number of aliphatic imine (C=N–C) groups is 1. The number of anilines is 2. The van der Waals surface area contributed by atoms with Gasteiger partial charge in [0.15, 0.2) is 0 Å². The van der Waals surface area contributed by atoms with Gasteiger partial charge in [-0.25, -0.2) is 0 Å². The Morgan fingerprint density at radius 3 is 2.68 bits per heavy atom. The predicted molar refractivity (Wildman–Crippen MR) is 184 cm³/mol. The van der Waals surface area contributed by atoms with Gasteiger partial charge < -0.3 is 30.7 Å². The average Bonchev–Trinajstić information content (AvgIpc) is 3.69. The topological polar surface area (TPSA) is 135 Å². The van der Waals surface area contributed by atoms with E-state index in [-0.39, 0.29) is 47.4 Å². The summed E-state index contributed by atoms with van der Waals surface area (Å²) < 4.78 is 55.5. The molecule has 2 unspecified atom stereocenters. The summed E-state index contributed by atoms with van der Waals surface area (Å²) in [6.45, 7) is 5.74. The van der Waals surface area contributed by atoms with E-state index in [1.807, 2.05) is 4.90 Å². The molecule has 1 aliphatic carbocycles. The van der Waals surface area contributed by atoms with Crippen molar-refractivity contribution in [3.63, 3.8) is 0 Å². The monoisotopic (exact) mass is 716 g/mol. The third-order valence-corrected chi connectivity index (χ3v) is 11.3. The van der Waals surface area contributed by atoms with E-state index < -0.39 is 22.9 Å². The maximum absolute atomic E-state index is 14.3. The van der Waals surface area contributed by atoms with Crippen molar-refractivity contribution in [2.45, 2.75) is 76.3 Å². The molecule has 3 fully saturated rings. The second-order valence-corrected chi connectivity index (χ2v) is 15.2. The van der Waals surface area contributed by atoms with Crippen LogP contribution in [0.25, 0.3) is 0 Å². The Kier molecular flexibility index (Phi) is 8.95. The minimum atomic E-state index is -4.72. The van der Waals surface area contributed by atoms with Gasteiger partial charge in [-0.05, 0) is 75.1 Å². The van der Waals surface area contributed by atoms with Crippen molar-refractivity contribution in [1.82, 2.24) is 19.8 Å². The van der Waals surface area contributed by atoms with Crippen LogP contribution >= 0.6 is 11.6 Å². The third-order valence-electron chi connectivity index (χ3n) is 11.0. The van der Waals surface area contributed by atoms with Crippen molar-refractivity contribution in [3.05, 3.63) is 50.8 Å². The Morgan fingerprint density at radius 1 is 1.18 bits per heavy atom. The first-order valence-electron chi connectivity index (χ1n) is 17.2. The number of rotatable bonds is 7. The fourth-order valence-electron chi connectivity index (χ4n) is 8.24. The van der Waals surface area contributed by atoms with Gasteiger partial charge in [-0.3, -0.25) is 14.7 Å². The molecule has 2 saturated heterocycles. The lowest BCUT2D eigenvalue weighted by molar-refractivity contribution is -0.139.